The molecule has 0 aromatic heterocycles. The Labute approximate surface area is 71.1 Å². The van der Waals surface area contributed by atoms with Crippen LogP contribution < -0.4 is 0 Å². The summed E-state index contributed by atoms with van der Waals surface area (Å²) in [6, 6.07) is 7.02. The number of hydrogen-bond donors (Lipinski definition) is 0. The minimum atomic E-state index is 0.717. The van der Waals surface area contributed by atoms with Crippen molar-refractivity contribution >= 4 is 23.2 Å². The molecule has 0 fully saturated rings. The SMILES string of the molecule is C=C.Clc1ccc(Cl)cc1. The van der Waals surface area contributed by atoms with E-state index >= 15 is 0 Å². The van der Waals surface area contributed by atoms with Crippen LogP contribution in [-0.2, 0) is 0 Å². The first-order valence-corrected chi connectivity index (χ1v) is 3.46. The summed E-state index contributed by atoms with van der Waals surface area (Å²) in [7, 11) is 0. The molecule has 1 aromatic carbocycles. The zero-order valence-electron chi connectivity index (χ0n) is 5.48. The Hall–Kier alpha value is -0.460. The second-order valence-electron chi connectivity index (χ2n) is 1.44. The fourth-order valence-electron chi connectivity index (χ4n) is 0.430. The standard InChI is InChI=1S/C6H4Cl2.C2H4/c7-5-1-2-6(8)4-3-5;1-2/h1-4H;1-2H2. The van der Waals surface area contributed by atoms with Gasteiger partial charge in [-0.1, -0.05) is 23.2 Å². The van der Waals surface area contributed by atoms with Crippen molar-refractivity contribution in [2.75, 3.05) is 0 Å². The molecule has 0 aliphatic rings. The molecule has 1 aromatic rings. The topological polar surface area (TPSA) is 0 Å². The van der Waals surface area contributed by atoms with Gasteiger partial charge in [0.05, 0.1) is 0 Å². The Bertz CT molecular complexity index is 158. The summed E-state index contributed by atoms with van der Waals surface area (Å²) in [6.45, 7) is 6.00. The average Bonchev–Trinajstić information content (AvgIpc) is 2.00. The van der Waals surface area contributed by atoms with Gasteiger partial charge in [-0.15, -0.1) is 13.2 Å². The molecule has 10 heavy (non-hydrogen) atoms. The van der Waals surface area contributed by atoms with Gasteiger partial charge >= 0.3 is 0 Å². The molecule has 0 aliphatic carbocycles. The maximum absolute atomic E-state index is 5.55. The number of benzene rings is 1. The first-order chi connectivity index (χ1) is 4.79. The van der Waals surface area contributed by atoms with E-state index in [-0.39, 0.29) is 0 Å². The molecule has 54 valence electrons. The quantitative estimate of drug-likeness (QED) is 0.526. The van der Waals surface area contributed by atoms with Crippen LogP contribution >= 0.6 is 23.2 Å². The lowest BCUT2D eigenvalue weighted by Gasteiger charge is -1.86. The van der Waals surface area contributed by atoms with Gasteiger partial charge in [0.1, 0.15) is 0 Å². The van der Waals surface area contributed by atoms with Crippen molar-refractivity contribution in [2.45, 2.75) is 0 Å². The highest BCUT2D eigenvalue weighted by atomic mass is 35.5. The van der Waals surface area contributed by atoms with Crippen LogP contribution in [0.5, 0.6) is 0 Å². The summed E-state index contributed by atoms with van der Waals surface area (Å²) in [6.07, 6.45) is 0. The van der Waals surface area contributed by atoms with Crippen molar-refractivity contribution in [1.29, 1.82) is 0 Å². The maximum Gasteiger partial charge on any atom is 0.0407 e. The van der Waals surface area contributed by atoms with Crippen LogP contribution in [0.2, 0.25) is 10.0 Å². The monoisotopic (exact) mass is 174 g/mol. The minimum absolute atomic E-state index is 0.717. The lowest BCUT2D eigenvalue weighted by molar-refractivity contribution is 1.71. The van der Waals surface area contributed by atoms with Crippen molar-refractivity contribution in [2.24, 2.45) is 0 Å². The summed E-state index contributed by atoms with van der Waals surface area (Å²) in [5, 5.41) is 1.43. The molecule has 0 atom stereocenters. The van der Waals surface area contributed by atoms with Gasteiger partial charge in [-0.3, -0.25) is 0 Å². The highest BCUT2D eigenvalue weighted by Gasteiger charge is 1.83. The molecule has 0 N–H and O–H groups in total. The van der Waals surface area contributed by atoms with Gasteiger partial charge in [0, 0.05) is 10.0 Å². The van der Waals surface area contributed by atoms with Crippen LogP contribution in [0.3, 0.4) is 0 Å². The zero-order chi connectivity index (χ0) is 7.98. The molecule has 0 aliphatic heterocycles. The van der Waals surface area contributed by atoms with Crippen LogP contribution in [0.25, 0.3) is 0 Å². The van der Waals surface area contributed by atoms with Gasteiger partial charge in [-0.05, 0) is 24.3 Å². The molecular weight excluding hydrogens is 167 g/mol. The van der Waals surface area contributed by atoms with Crippen LogP contribution in [0.1, 0.15) is 0 Å². The largest absolute Gasteiger partial charge is 0.106 e. The van der Waals surface area contributed by atoms with Crippen LogP contribution in [0.15, 0.2) is 37.4 Å². The lowest BCUT2D eigenvalue weighted by Crippen LogP contribution is -1.60. The third-order valence-corrected chi connectivity index (χ3v) is 1.31. The predicted molar refractivity (Wildman–Crippen MR) is 47.7 cm³/mol. The summed E-state index contributed by atoms with van der Waals surface area (Å²) < 4.78 is 0. The van der Waals surface area contributed by atoms with Crippen LogP contribution in [-0.4, -0.2) is 0 Å². The molecule has 2 heteroatoms. The van der Waals surface area contributed by atoms with Gasteiger partial charge < -0.3 is 0 Å². The van der Waals surface area contributed by atoms with E-state index in [0.29, 0.717) is 0 Å². The third kappa shape index (κ3) is 3.54. The molecular formula is C8H8Cl2. The lowest BCUT2D eigenvalue weighted by atomic mass is 10.4. The maximum atomic E-state index is 5.55. The van der Waals surface area contributed by atoms with Gasteiger partial charge in [0.15, 0.2) is 0 Å². The van der Waals surface area contributed by atoms with E-state index in [1.807, 2.05) is 0 Å². The van der Waals surface area contributed by atoms with Crippen molar-refractivity contribution in [3.63, 3.8) is 0 Å². The average molecular weight is 175 g/mol. The second kappa shape index (κ2) is 5.33. The minimum Gasteiger partial charge on any atom is -0.106 e. The fraction of sp³-hybridized carbons (Fsp3) is 0. The Morgan fingerprint density at radius 1 is 0.800 bits per heavy atom. The molecule has 1 rings (SSSR count). The Balaban J connectivity index is 0.000000371. The van der Waals surface area contributed by atoms with E-state index in [1.54, 1.807) is 24.3 Å². The van der Waals surface area contributed by atoms with E-state index in [4.69, 9.17) is 23.2 Å². The molecule has 0 amide bonds. The summed E-state index contributed by atoms with van der Waals surface area (Å²) >= 11 is 11.1. The smallest absolute Gasteiger partial charge is 0.0407 e. The fourth-order valence-corrected chi connectivity index (χ4v) is 0.682. The molecule has 0 spiro atoms. The van der Waals surface area contributed by atoms with Crippen LogP contribution in [0.4, 0.5) is 0 Å². The van der Waals surface area contributed by atoms with Crippen molar-refractivity contribution in [1.82, 2.24) is 0 Å². The normalized spacial score (nSPS) is 7.80. The van der Waals surface area contributed by atoms with Crippen molar-refractivity contribution < 1.29 is 0 Å². The summed E-state index contributed by atoms with van der Waals surface area (Å²) in [5.41, 5.74) is 0. The van der Waals surface area contributed by atoms with Crippen molar-refractivity contribution in [3.8, 4) is 0 Å². The Morgan fingerprint density at radius 2 is 1.00 bits per heavy atom. The highest BCUT2D eigenvalue weighted by molar-refractivity contribution is 6.32. The number of hydrogen-bond acceptors (Lipinski definition) is 0. The molecule has 0 heterocycles. The first kappa shape index (κ1) is 9.54. The van der Waals surface area contributed by atoms with E-state index in [9.17, 15) is 0 Å². The van der Waals surface area contributed by atoms with Gasteiger partial charge in [0.25, 0.3) is 0 Å². The van der Waals surface area contributed by atoms with E-state index < -0.39 is 0 Å². The predicted octanol–water partition coefficient (Wildman–Crippen LogP) is 3.80. The first-order valence-electron chi connectivity index (χ1n) is 2.70. The van der Waals surface area contributed by atoms with Gasteiger partial charge in [-0.2, -0.15) is 0 Å². The van der Waals surface area contributed by atoms with E-state index in [2.05, 4.69) is 13.2 Å². The Morgan fingerprint density at radius 3 is 1.20 bits per heavy atom. The van der Waals surface area contributed by atoms with E-state index in [1.165, 1.54) is 0 Å². The molecule has 0 saturated carbocycles. The van der Waals surface area contributed by atoms with Gasteiger partial charge in [0.2, 0.25) is 0 Å². The molecule has 0 saturated heterocycles. The zero-order valence-corrected chi connectivity index (χ0v) is 6.99. The van der Waals surface area contributed by atoms with Crippen LogP contribution in [0, 0.1) is 0 Å². The number of halogens is 2. The Kier molecular flexibility index (Phi) is 5.09. The molecule has 0 radical (unpaired) electrons. The van der Waals surface area contributed by atoms with Gasteiger partial charge in [-0.25, -0.2) is 0 Å². The number of rotatable bonds is 0. The molecule has 0 bridgehead atoms. The third-order valence-electron chi connectivity index (χ3n) is 0.804. The summed E-state index contributed by atoms with van der Waals surface area (Å²) in [5.74, 6) is 0. The highest BCUT2D eigenvalue weighted by Crippen LogP contribution is 2.12. The van der Waals surface area contributed by atoms with Crippen molar-refractivity contribution in [3.05, 3.63) is 47.5 Å². The summed E-state index contributed by atoms with van der Waals surface area (Å²) in [4.78, 5) is 0. The molecule has 0 nitrogen and oxygen atoms in total. The molecule has 0 unspecified atom stereocenters. The van der Waals surface area contributed by atoms with E-state index in [0.717, 1.165) is 10.0 Å². The second-order valence-corrected chi connectivity index (χ2v) is 2.31.